The third kappa shape index (κ3) is 3.29. The Morgan fingerprint density at radius 1 is 1.04 bits per heavy atom. The lowest BCUT2D eigenvalue weighted by Gasteiger charge is -2.15. The van der Waals surface area contributed by atoms with Gasteiger partial charge >= 0.3 is 0 Å². The summed E-state index contributed by atoms with van der Waals surface area (Å²) in [6.07, 6.45) is 1.74. The van der Waals surface area contributed by atoms with Crippen LogP contribution in [0.15, 0.2) is 48.5 Å². The summed E-state index contributed by atoms with van der Waals surface area (Å²) in [4.78, 5) is 24.4. The fourth-order valence-electron chi connectivity index (χ4n) is 2.78. The van der Waals surface area contributed by atoms with Crippen LogP contribution in [-0.2, 0) is 10.2 Å². The standard InChI is InChI=1S/C19H19ClN2O2/c1-2-21-18(24)19(11-12-19)14-5-9-16(10-6-14)22-17(23)13-3-7-15(20)8-4-13/h3-10H,2,11-12H2,1H3,(H,21,24)(H,22,23). The van der Waals surface area contributed by atoms with E-state index in [1.54, 1.807) is 24.3 Å². The van der Waals surface area contributed by atoms with E-state index in [4.69, 9.17) is 11.6 Å². The highest BCUT2D eigenvalue weighted by Gasteiger charge is 2.50. The molecule has 0 aliphatic heterocycles. The molecule has 0 aromatic heterocycles. The molecule has 5 heteroatoms. The van der Waals surface area contributed by atoms with Crippen molar-refractivity contribution in [2.75, 3.05) is 11.9 Å². The van der Waals surface area contributed by atoms with Crippen molar-refractivity contribution in [3.8, 4) is 0 Å². The van der Waals surface area contributed by atoms with Gasteiger partial charge in [-0.25, -0.2) is 0 Å². The van der Waals surface area contributed by atoms with Crippen molar-refractivity contribution in [2.45, 2.75) is 25.2 Å². The number of nitrogens with one attached hydrogen (secondary N) is 2. The Morgan fingerprint density at radius 2 is 1.67 bits per heavy atom. The van der Waals surface area contributed by atoms with Crippen LogP contribution < -0.4 is 10.6 Å². The first-order valence-corrected chi connectivity index (χ1v) is 8.39. The third-order valence-corrected chi connectivity index (χ3v) is 4.58. The second-order valence-electron chi connectivity index (χ2n) is 5.98. The van der Waals surface area contributed by atoms with Crippen molar-refractivity contribution in [2.24, 2.45) is 0 Å². The zero-order valence-corrected chi connectivity index (χ0v) is 14.2. The molecule has 2 amide bonds. The summed E-state index contributed by atoms with van der Waals surface area (Å²) in [6.45, 7) is 2.55. The van der Waals surface area contributed by atoms with Crippen molar-refractivity contribution >= 4 is 29.1 Å². The summed E-state index contributed by atoms with van der Waals surface area (Å²) in [6, 6.07) is 14.2. The molecule has 1 aliphatic rings. The van der Waals surface area contributed by atoms with Gasteiger partial charge in [0.15, 0.2) is 0 Å². The maximum Gasteiger partial charge on any atom is 0.255 e. The smallest absolute Gasteiger partial charge is 0.255 e. The van der Waals surface area contributed by atoms with Gasteiger partial charge in [0.2, 0.25) is 5.91 Å². The summed E-state index contributed by atoms with van der Waals surface area (Å²) in [7, 11) is 0. The Hall–Kier alpha value is -2.33. The van der Waals surface area contributed by atoms with Gasteiger partial charge < -0.3 is 10.6 Å². The van der Waals surface area contributed by atoms with Gasteiger partial charge in [-0.3, -0.25) is 9.59 Å². The Balaban J connectivity index is 1.70. The fraction of sp³-hybridized carbons (Fsp3) is 0.263. The molecule has 1 saturated carbocycles. The highest BCUT2D eigenvalue weighted by molar-refractivity contribution is 6.30. The predicted molar refractivity (Wildman–Crippen MR) is 95.4 cm³/mol. The van der Waals surface area contributed by atoms with Gasteiger partial charge in [-0.2, -0.15) is 0 Å². The van der Waals surface area contributed by atoms with Crippen LogP contribution in [-0.4, -0.2) is 18.4 Å². The van der Waals surface area contributed by atoms with E-state index in [1.165, 1.54) is 0 Å². The van der Waals surface area contributed by atoms with E-state index < -0.39 is 0 Å². The van der Waals surface area contributed by atoms with Crippen LogP contribution in [0, 0.1) is 0 Å². The van der Waals surface area contributed by atoms with Crippen molar-refractivity contribution in [1.29, 1.82) is 0 Å². The first-order valence-electron chi connectivity index (χ1n) is 8.01. The number of hydrogen-bond acceptors (Lipinski definition) is 2. The largest absolute Gasteiger partial charge is 0.356 e. The van der Waals surface area contributed by atoms with Crippen molar-refractivity contribution in [1.82, 2.24) is 5.32 Å². The lowest BCUT2D eigenvalue weighted by Crippen LogP contribution is -2.34. The molecule has 3 rings (SSSR count). The van der Waals surface area contributed by atoms with Crippen LogP contribution >= 0.6 is 11.6 Å². The number of rotatable bonds is 5. The number of benzene rings is 2. The molecule has 24 heavy (non-hydrogen) atoms. The molecule has 0 bridgehead atoms. The quantitative estimate of drug-likeness (QED) is 0.869. The number of hydrogen-bond donors (Lipinski definition) is 2. The zero-order valence-electron chi connectivity index (χ0n) is 13.4. The average Bonchev–Trinajstić information content (AvgIpc) is 3.38. The minimum atomic E-state index is -0.380. The van der Waals surface area contributed by atoms with Crippen LogP contribution in [0.5, 0.6) is 0 Å². The Bertz CT molecular complexity index is 750. The molecular weight excluding hydrogens is 324 g/mol. The number of carbonyl (C=O) groups excluding carboxylic acids is 2. The number of likely N-dealkylation sites (N-methyl/N-ethyl adjacent to an activating group) is 1. The lowest BCUT2D eigenvalue weighted by molar-refractivity contribution is -0.123. The molecule has 0 heterocycles. The molecule has 4 nitrogen and oxygen atoms in total. The van der Waals surface area contributed by atoms with Crippen molar-refractivity contribution in [3.05, 3.63) is 64.7 Å². The van der Waals surface area contributed by atoms with E-state index in [9.17, 15) is 9.59 Å². The molecule has 0 saturated heterocycles. The molecule has 0 atom stereocenters. The molecule has 2 aromatic rings. The van der Waals surface area contributed by atoms with Crippen LogP contribution in [0.1, 0.15) is 35.7 Å². The summed E-state index contributed by atoms with van der Waals surface area (Å²) < 4.78 is 0. The molecule has 0 radical (unpaired) electrons. The molecule has 2 aromatic carbocycles. The maximum absolute atomic E-state index is 12.2. The van der Waals surface area contributed by atoms with Gasteiger partial charge in [0.25, 0.3) is 5.91 Å². The maximum atomic E-state index is 12.2. The van der Waals surface area contributed by atoms with Gasteiger partial charge in [-0.05, 0) is 61.7 Å². The molecule has 1 fully saturated rings. The van der Waals surface area contributed by atoms with E-state index in [1.807, 2.05) is 31.2 Å². The summed E-state index contributed by atoms with van der Waals surface area (Å²) >= 11 is 5.83. The topological polar surface area (TPSA) is 58.2 Å². The minimum absolute atomic E-state index is 0.0861. The van der Waals surface area contributed by atoms with Gasteiger partial charge in [0.05, 0.1) is 5.41 Å². The van der Waals surface area contributed by atoms with Gasteiger partial charge in [0.1, 0.15) is 0 Å². The fourth-order valence-corrected chi connectivity index (χ4v) is 2.90. The summed E-state index contributed by atoms with van der Waals surface area (Å²) in [5.74, 6) is -0.104. The second kappa shape index (κ2) is 6.65. The Kier molecular flexibility index (Phi) is 4.58. The van der Waals surface area contributed by atoms with Crippen molar-refractivity contribution < 1.29 is 9.59 Å². The molecule has 1 aliphatic carbocycles. The SMILES string of the molecule is CCNC(=O)C1(c2ccc(NC(=O)c3ccc(Cl)cc3)cc2)CC1. The summed E-state index contributed by atoms with van der Waals surface area (Å²) in [5, 5.41) is 6.34. The first kappa shape index (κ1) is 16.5. The summed E-state index contributed by atoms with van der Waals surface area (Å²) in [5.41, 5.74) is 1.86. The first-order chi connectivity index (χ1) is 11.5. The van der Waals surface area contributed by atoms with E-state index in [0.29, 0.717) is 22.8 Å². The molecule has 0 unspecified atom stereocenters. The van der Waals surface area contributed by atoms with Crippen LogP contribution in [0.3, 0.4) is 0 Å². The third-order valence-electron chi connectivity index (χ3n) is 4.32. The molecule has 0 spiro atoms. The second-order valence-corrected chi connectivity index (χ2v) is 6.42. The zero-order chi connectivity index (χ0) is 17.2. The highest BCUT2D eigenvalue weighted by atomic mass is 35.5. The van der Waals surface area contributed by atoms with Crippen LogP contribution in [0.2, 0.25) is 5.02 Å². The Morgan fingerprint density at radius 3 is 2.21 bits per heavy atom. The number of anilines is 1. The Labute approximate surface area is 146 Å². The van der Waals surface area contributed by atoms with E-state index in [-0.39, 0.29) is 17.2 Å². The van der Waals surface area contributed by atoms with Gasteiger partial charge in [-0.1, -0.05) is 23.7 Å². The average molecular weight is 343 g/mol. The lowest BCUT2D eigenvalue weighted by atomic mass is 9.94. The van der Waals surface area contributed by atoms with Gasteiger partial charge in [0, 0.05) is 22.8 Å². The number of amides is 2. The predicted octanol–water partition coefficient (Wildman–Crippen LogP) is 3.76. The number of carbonyl (C=O) groups is 2. The van der Waals surface area contributed by atoms with E-state index in [0.717, 1.165) is 18.4 Å². The van der Waals surface area contributed by atoms with E-state index >= 15 is 0 Å². The molecular formula is C19H19ClN2O2. The normalized spacial score (nSPS) is 14.8. The number of halogens is 1. The highest BCUT2D eigenvalue weighted by Crippen LogP contribution is 2.48. The minimum Gasteiger partial charge on any atom is -0.356 e. The molecule has 2 N–H and O–H groups in total. The van der Waals surface area contributed by atoms with Gasteiger partial charge in [-0.15, -0.1) is 0 Å². The van der Waals surface area contributed by atoms with Crippen LogP contribution in [0.4, 0.5) is 5.69 Å². The molecule has 124 valence electrons. The van der Waals surface area contributed by atoms with Crippen molar-refractivity contribution in [3.63, 3.8) is 0 Å². The van der Waals surface area contributed by atoms with Crippen LogP contribution in [0.25, 0.3) is 0 Å². The monoisotopic (exact) mass is 342 g/mol. The van der Waals surface area contributed by atoms with E-state index in [2.05, 4.69) is 10.6 Å².